The molecule has 1 atom stereocenters. The number of esters is 2. The molecule has 2 amide bonds. The first-order chi connectivity index (χ1) is 19.4. The summed E-state index contributed by atoms with van der Waals surface area (Å²) in [7, 11) is 2.97. The highest BCUT2D eigenvalue weighted by Gasteiger charge is 2.39. The fourth-order valence-corrected chi connectivity index (χ4v) is 5.35. The number of ether oxygens (including phenoxy) is 3. The molecule has 10 nitrogen and oxygen atoms in total. The van der Waals surface area contributed by atoms with Gasteiger partial charge in [-0.1, -0.05) is 42.5 Å². The third-order valence-electron chi connectivity index (χ3n) is 7.35. The van der Waals surface area contributed by atoms with Crippen LogP contribution in [0.25, 0.3) is 10.8 Å². The molecule has 2 aliphatic rings. The number of nitrogens with zero attached hydrogens (tertiary/aromatic N) is 2. The largest absolute Gasteiger partial charge is 0.466 e. The van der Waals surface area contributed by atoms with Crippen molar-refractivity contribution in [2.45, 2.75) is 19.8 Å². The highest BCUT2D eigenvalue weighted by atomic mass is 16.5. The number of urea groups is 1. The zero-order valence-electron chi connectivity index (χ0n) is 23.6. The monoisotopic (exact) mass is 550 g/mol. The second kappa shape index (κ2) is 13.5. The van der Waals surface area contributed by atoms with E-state index in [1.165, 1.54) is 7.11 Å². The lowest BCUT2D eigenvalue weighted by molar-refractivity contribution is -0.139. The van der Waals surface area contributed by atoms with E-state index in [2.05, 4.69) is 15.5 Å². The molecular formula is C30H38N4O6. The first-order valence-electron chi connectivity index (χ1n) is 13.6. The Bertz CT molecular complexity index is 1310. The van der Waals surface area contributed by atoms with Gasteiger partial charge in [-0.25, -0.2) is 14.4 Å². The summed E-state index contributed by atoms with van der Waals surface area (Å²) in [5, 5.41) is 7.85. The predicted octanol–water partition coefficient (Wildman–Crippen LogP) is 2.76. The van der Waals surface area contributed by atoms with Gasteiger partial charge in [0.05, 0.1) is 49.7 Å². The average Bonchev–Trinajstić information content (AvgIpc) is 2.98. The van der Waals surface area contributed by atoms with Gasteiger partial charge in [-0.15, -0.1) is 0 Å². The van der Waals surface area contributed by atoms with Gasteiger partial charge in [0.15, 0.2) is 0 Å². The van der Waals surface area contributed by atoms with Gasteiger partial charge < -0.3 is 29.7 Å². The van der Waals surface area contributed by atoms with Crippen molar-refractivity contribution < 1.29 is 28.6 Å². The summed E-state index contributed by atoms with van der Waals surface area (Å²) in [5.41, 5.74) is 2.67. The van der Waals surface area contributed by atoms with Gasteiger partial charge in [0.25, 0.3) is 0 Å². The first kappa shape index (κ1) is 29.1. The van der Waals surface area contributed by atoms with E-state index in [-0.39, 0.29) is 19.2 Å². The molecule has 2 N–H and O–H groups in total. The number of carbonyl (C=O) groups excluding carboxylic acids is 3. The van der Waals surface area contributed by atoms with E-state index in [4.69, 9.17) is 14.2 Å². The molecule has 2 heterocycles. The van der Waals surface area contributed by atoms with Crippen LogP contribution in [0.15, 0.2) is 65.0 Å². The molecule has 0 spiro atoms. The SMILES string of the molecule is CCOC(=O)C1=C(COCCN2CCN(C(=O)NC)CC2)NC(C)=C(C(=O)OC)C1c1cccc2ccccc12. The number of nitrogens with one attached hydrogen (secondary N) is 2. The van der Waals surface area contributed by atoms with Crippen molar-refractivity contribution in [3.63, 3.8) is 0 Å². The minimum atomic E-state index is -0.699. The third-order valence-corrected chi connectivity index (χ3v) is 7.35. The maximum atomic E-state index is 13.5. The van der Waals surface area contributed by atoms with Crippen molar-refractivity contribution in [3.05, 3.63) is 70.6 Å². The summed E-state index contributed by atoms with van der Waals surface area (Å²) >= 11 is 0. The number of methoxy groups -OCH3 is 1. The molecule has 10 heteroatoms. The third kappa shape index (κ3) is 6.29. The van der Waals surface area contributed by atoms with Crippen LogP contribution in [-0.4, -0.2) is 94.5 Å². The van der Waals surface area contributed by atoms with Crippen molar-refractivity contribution in [2.75, 3.05) is 66.7 Å². The molecule has 0 bridgehead atoms. The predicted molar refractivity (Wildman–Crippen MR) is 151 cm³/mol. The molecule has 0 aliphatic carbocycles. The number of amides is 2. The Morgan fingerprint density at radius 1 is 1.00 bits per heavy atom. The van der Waals surface area contributed by atoms with Crippen LogP contribution in [0.3, 0.4) is 0 Å². The van der Waals surface area contributed by atoms with Crippen molar-refractivity contribution >= 4 is 28.7 Å². The van der Waals surface area contributed by atoms with Crippen LogP contribution in [0.5, 0.6) is 0 Å². The van der Waals surface area contributed by atoms with E-state index in [1.54, 1.807) is 25.8 Å². The van der Waals surface area contributed by atoms with E-state index in [9.17, 15) is 14.4 Å². The molecule has 214 valence electrons. The molecule has 0 radical (unpaired) electrons. The number of fused-ring (bicyclic) bond motifs is 1. The number of benzene rings is 2. The first-order valence-corrected chi connectivity index (χ1v) is 13.6. The average molecular weight is 551 g/mol. The summed E-state index contributed by atoms with van der Waals surface area (Å²) in [6, 6.07) is 13.7. The van der Waals surface area contributed by atoms with Gasteiger partial charge in [-0.05, 0) is 30.2 Å². The molecule has 40 heavy (non-hydrogen) atoms. The zero-order chi connectivity index (χ0) is 28.6. The van der Waals surface area contributed by atoms with Crippen LogP contribution in [-0.2, 0) is 23.8 Å². The lowest BCUT2D eigenvalue weighted by atomic mass is 9.78. The van der Waals surface area contributed by atoms with Crippen molar-refractivity contribution in [1.29, 1.82) is 0 Å². The molecule has 0 saturated carbocycles. The number of hydrogen-bond donors (Lipinski definition) is 2. The van der Waals surface area contributed by atoms with E-state index in [1.807, 2.05) is 42.5 Å². The molecule has 4 rings (SSSR count). The fraction of sp³-hybridized carbons (Fsp3) is 0.433. The second-order valence-corrected chi connectivity index (χ2v) is 9.71. The topological polar surface area (TPSA) is 109 Å². The molecule has 1 fully saturated rings. The van der Waals surface area contributed by atoms with Crippen LogP contribution in [0.4, 0.5) is 4.79 Å². The van der Waals surface area contributed by atoms with Crippen molar-refractivity contribution in [3.8, 4) is 0 Å². The van der Waals surface area contributed by atoms with E-state index >= 15 is 0 Å². The molecule has 2 aromatic carbocycles. The van der Waals surface area contributed by atoms with E-state index in [0.717, 1.165) is 29.4 Å². The number of dihydropyridines is 1. The lowest BCUT2D eigenvalue weighted by Gasteiger charge is -2.34. The number of hydrogen-bond acceptors (Lipinski definition) is 8. The highest BCUT2D eigenvalue weighted by Crippen LogP contribution is 2.42. The van der Waals surface area contributed by atoms with Crippen LogP contribution in [0.1, 0.15) is 25.3 Å². The normalized spacial score (nSPS) is 18.0. The molecule has 1 unspecified atom stereocenters. The van der Waals surface area contributed by atoms with Gasteiger partial charge in [0.1, 0.15) is 0 Å². The van der Waals surface area contributed by atoms with Crippen LogP contribution < -0.4 is 10.6 Å². The Hall–Kier alpha value is -3.89. The molecule has 2 aliphatic heterocycles. The van der Waals surface area contributed by atoms with Gasteiger partial charge in [0, 0.05) is 45.5 Å². The second-order valence-electron chi connectivity index (χ2n) is 9.71. The van der Waals surface area contributed by atoms with Crippen LogP contribution >= 0.6 is 0 Å². The Morgan fingerprint density at radius 3 is 2.42 bits per heavy atom. The van der Waals surface area contributed by atoms with Gasteiger partial charge in [-0.2, -0.15) is 0 Å². The Labute approximate surface area is 234 Å². The lowest BCUT2D eigenvalue weighted by Crippen LogP contribution is -2.51. The molecule has 1 saturated heterocycles. The summed E-state index contributed by atoms with van der Waals surface area (Å²) in [6.45, 7) is 7.86. The maximum Gasteiger partial charge on any atom is 0.336 e. The fourth-order valence-electron chi connectivity index (χ4n) is 5.35. The highest BCUT2D eigenvalue weighted by molar-refractivity contribution is 6.02. The minimum Gasteiger partial charge on any atom is -0.466 e. The van der Waals surface area contributed by atoms with Gasteiger partial charge in [-0.3, -0.25) is 4.90 Å². The summed E-state index contributed by atoms with van der Waals surface area (Å²) in [4.78, 5) is 42.5. The van der Waals surface area contributed by atoms with Crippen molar-refractivity contribution in [2.24, 2.45) is 0 Å². The van der Waals surface area contributed by atoms with Gasteiger partial charge in [0.2, 0.25) is 0 Å². The quantitative estimate of drug-likeness (QED) is 0.363. The maximum absolute atomic E-state index is 13.5. The number of carbonyl (C=O) groups is 3. The van der Waals surface area contributed by atoms with Gasteiger partial charge >= 0.3 is 18.0 Å². The van der Waals surface area contributed by atoms with E-state index < -0.39 is 17.9 Å². The molecule has 2 aromatic rings. The summed E-state index contributed by atoms with van der Waals surface area (Å²) < 4.78 is 16.7. The van der Waals surface area contributed by atoms with Crippen LogP contribution in [0.2, 0.25) is 0 Å². The molecule has 0 aromatic heterocycles. The Kier molecular flexibility index (Phi) is 9.79. The zero-order valence-corrected chi connectivity index (χ0v) is 23.6. The molecular weight excluding hydrogens is 512 g/mol. The van der Waals surface area contributed by atoms with E-state index in [0.29, 0.717) is 48.8 Å². The van der Waals surface area contributed by atoms with Crippen LogP contribution in [0, 0.1) is 0 Å². The Balaban J connectivity index is 1.60. The Morgan fingerprint density at radius 2 is 1.73 bits per heavy atom. The minimum absolute atomic E-state index is 0.0618. The standard InChI is InChI=1S/C30H38N4O6/c1-5-40-29(36)27-24(19-39-18-17-33-13-15-34(16-14-33)30(37)31-3)32-20(2)25(28(35)38-4)26(27)23-12-8-10-21-9-6-7-11-22(21)23/h6-12,26,32H,5,13-19H2,1-4H3,(H,31,37). The number of rotatable bonds is 9. The smallest absolute Gasteiger partial charge is 0.336 e. The number of piperazine rings is 1. The number of allylic oxidation sites excluding steroid dienone is 1. The summed E-state index contributed by atoms with van der Waals surface area (Å²) in [6.07, 6.45) is 0. The van der Waals surface area contributed by atoms with Crippen molar-refractivity contribution in [1.82, 2.24) is 20.4 Å². The summed E-state index contributed by atoms with van der Waals surface area (Å²) in [5.74, 6) is -1.72.